The third-order valence-electron chi connectivity index (χ3n) is 2.81. The number of hydrogen-bond acceptors (Lipinski definition) is 7. The van der Waals surface area contributed by atoms with Crippen molar-refractivity contribution >= 4 is 16.7 Å². The SMILES string of the molecule is CN=Nc1c2[nH]n(C)nc-2c(=NNC)c2nn(C)nc12. The van der Waals surface area contributed by atoms with E-state index >= 15 is 0 Å². The molecule has 20 heavy (non-hydrogen) atoms. The Morgan fingerprint density at radius 2 is 1.90 bits per heavy atom. The number of nitrogens with one attached hydrogen (secondary N) is 2. The Labute approximate surface area is 113 Å². The van der Waals surface area contributed by atoms with Crippen molar-refractivity contribution in [1.29, 1.82) is 0 Å². The minimum atomic E-state index is 0.605. The maximum atomic E-state index is 4.38. The van der Waals surface area contributed by atoms with E-state index in [1.165, 1.54) is 4.80 Å². The van der Waals surface area contributed by atoms with E-state index in [4.69, 9.17) is 0 Å². The van der Waals surface area contributed by atoms with Crippen LogP contribution in [0.2, 0.25) is 0 Å². The topological polar surface area (TPSA) is 113 Å². The first-order valence-electron chi connectivity index (χ1n) is 5.96. The van der Waals surface area contributed by atoms with Crippen LogP contribution in [0.25, 0.3) is 22.4 Å². The third-order valence-corrected chi connectivity index (χ3v) is 2.81. The van der Waals surface area contributed by atoms with Crippen LogP contribution >= 0.6 is 0 Å². The molecule has 1 aliphatic heterocycles. The lowest BCUT2D eigenvalue weighted by molar-refractivity contribution is 0.658. The minimum absolute atomic E-state index is 0.605. The first-order chi connectivity index (χ1) is 9.65. The lowest BCUT2D eigenvalue weighted by atomic mass is 10.1. The highest BCUT2D eigenvalue weighted by atomic mass is 15.5. The summed E-state index contributed by atoms with van der Waals surface area (Å²) in [5.41, 5.74) is 6.02. The summed E-state index contributed by atoms with van der Waals surface area (Å²) in [4.78, 5) is 3.07. The Morgan fingerprint density at radius 3 is 2.60 bits per heavy atom. The second-order valence-electron chi connectivity index (χ2n) is 4.18. The number of rotatable bonds is 2. The van der Waals surface area contributed by atoms with Gasteiger partial charge in [-0.15, -0.1) is 0 Å². The molecule has 2 N–H and O–H groups in total. The highest BCUT2D eigenvalue weighted by Crippen LogP contribution is 2.32. The van der Waals surface area contributed by atoms with Crippen LogP contribution in [0.4, 0.5) is 5.69 Å². The molecule has 0 aromatic carbocycles. The van der Waals surface area contributed by atoms with Gasteiger partial charge in [0.1, 0.15) is 33.5 Å². The van der Waals surface area contributed by atoms with E-state index in [2.05, 4.69) is 41.2 Å². The number of fused-ring (bicyclic) bond motifs is 2. The molecular weight excluding hydrogens is 260 g/mol. The van der Waals surface area contributed by atoms with Crippen molar-refractivity contribution in [1.82, 2.24) is 35.4 Å². The number of aryl methyl sites for hydroxylation is 2. The Hall–Kier alpha value is -2.78. The lowest BCUT2D eigenvalue weighted by Crippen LogP contribution is -2.14. The second-order valence-corrected chi connectivity index (χ2v) is 4.18. The molecule has 104 valence electrons. The van der Waals surface area contributed by atoms with Crippen molar-refractivity contribution in [2.24, 2.45) is 29.4 Å². The summed E-state index contributed by atoms with van der Waals surface area (Å²) in [5.74, 6) is 0. The highest BCUT2D eigenvalue weighted by molar-refractivity contribution is 5.95. The van der Waals surface area contributed by atoms with E-state index in [9.17, 15) is 0 Å². The van der Waals surface area contributed by atoms with Gasteiger partial charge in [-0.1, -0.05) is 0 Å². The number of aromatic nitrogens is 6. The molecule has 1 aliphatic carbocycles. The van der Waals surface area contributed by atoms with Crippen LogP contribution in [0.3, 0.4) is 0 Å². The Morgan fingerprint density at radius 1 is 1.15 bits per heavy atom. The summed E-state index contributed by atoms with van der Waals surface area (Å²) in [6, 6.07) is 0. The molecule has 1 aromatic heterocycles. The first-order valence-corrected chi connectivity index (χ1v) is 5.96. The van der Waals surface area contributed by atoms with Crippen LogP contribution in [0.5, 0.6) is 0 Å². The minimum Gasteiger partial charge on any atom is -0.312 e. The normalized spacial score (nSPS) is 13.1. The monoisotopic (exact) mass is 274 g/mol. The molecule has 0 atom stereocenters. The van der Waals surface area contributed by atoms with Crippen molar-refractivity contribution in [3.8, 4) is 11.4 Å². The predicted octanol–water partition coefficient (Wildman–Crippen LogP) is -0.117. The molecule has 0 unspecified atom stereocenters. The number of azo groups is 1. The smallest absolute Gasteiger partial charge is 0.145 e. The molecule has 10 nitrogen and oxygen atoms in total. The third kappa shape index (κ3) is 1.65. The zero-order valence-corrected chi connectivity index (χ0v) is 11.6. The second kappa shape index (κ2) is 4.40. The van der Waals surface area contributed by atoms with Gasteiger partial charge in [0.25, 0.3) is 0 Å². The van der Waals surface area contributed by atoms with Crippen molar-refractivity contribution < 1.29 is 0 Å². The van der Waals surface area contributed by atoms with Crippen LogP contribution < -0.4 is 10.8 Å². The van der Waals surface area contributed by atoms with Gasteiger partial charge in [-0.3, -0.25) is 5.10 Å². The summed E-state index contributed by atoms with van der Waals surface area (Å²) in [6.45, 7) is 0. The fourth-order valence-electron chi connectivity index (χ4n) is 2.14. The molecule has 10 heteroatoms. The summed E-state index contributed by atoms with van der Waals surface area (Å²) in [5, 5.41) is 29.0. The number of aromatic amines is 1. The fraction of sp³-hybridized carbons (Fsp3) is 0.400. The zero-order valence-electron chi connectivity index (χ0n) is 11.6. The molecule has 0 fully saturated rings. The van der Waals surface area contributed by atoms with Gasteiger partial charge in [0.2, 0.25) is 0 Å². The summed E-state index contributed by atoms with van der Waals surface area (Å²) >= 11 is 0. The van der Waals surface area contributed by atoms with Crippen LogP contribution in [0.1, 0.15) is 0 Å². The predicted molar refractivity (Wildman–Crippen MR) is 71.3 cm³/mol. The van der Waals surface area contributed by atoms with Crippen LogP contribution in [-0.4, -0.2) is 44.1 Å². The molecule has 0 saturated heterocycles. The number of H-pyrrole nitrogens is 1. The maximum absolute atomic E-state index is 4.38. The quantitative estimate of drug-likeness (QED) is 0.501. The van der Waals surface area contributed by atoms with Gasteiger partial charge in [0.05, 0.1) is 0 Å². The maximum Gasteiger partial charge on any atom is 0.145 e. The zero-order chi connectivity index (χ0) is 14.3. The Bertz CT molecular complexity index is 832. The van der Waals surface area contributed by atoms with Crippen molar-refractivity contribution in [3.05, 3.63) is 5.36 Å². The molecule has 0 spiro atoms. The number of hydrogen-bond donors (Lipinski definition) is 2. The van der Waals surface area contributed by atoms with Gasteiger partial charge >= 0.3 is 0 Å². The average Bonchev–Trinajstić information content (AvgIpc) is 2.96. The number of nitrogens with zero attached hydrogens (tertiary/aromatic N) is 8. The van der Waals surface area contributed by atoms with Gasteiger partial charge in [-0.2, -0.15) is 35.4 Å². The van der Waals surface area contributed by atoms with Gasteiger partial charge in [0.15, 0.2) is 0 Å². The largest absolute Gasteiger partial charge is 0.312 e. The lowest BCUT2D eigenvalue weighted by Gasteiger charge is -2.01. The summed E-state index contributed by atoms with van der Waals surface area (Å²) < 4.78 is 0. The average molecular weight is 274 g/mol. The van der Waals surface area contributed by atoms with E-state index in [-0.39, 0.29) is 0 Å². The summed E-state index contributed by atoms with van der Waals surface area (Å²) in [6.07, 6.45) is 0. The Balaban J connectivity index is 2.59. The van der Waals surface area contributed by atoms with Gasteiger partial charge in [-0.25, -0.2) is 4.80 Å². The molecule has 2 heterocycles. The van der Waals surface area contributed by atoms with Crippen molar-refractivity contribution in [2.75, 3.05) is 14.1 Å². The number of benzene rings is 1. The molecule has 0 amide bonds. The van der Waals surface area contributed by atoms with Crippen molar-refractivity contribution in [3.63, 3.8) is 0 Å². The fourth-order valence-corrected chi connectivity index (χ4v) is 2.14. The van der Waals surface area contributed by atoms with E-state index in [0.29, 0.717) is 27.8 Å². The molecule has 0 bridgehead atoms. The molecule has 0 radical (unpaired) electrons. The van der Waals surface area contributed by atoms with Gasteiger partial charge in [0, 0.05) is 28.2 Å². The molecule has 3 rings (SSSR count). The van der Waals surface area contributed by atoms with Crippen LogP contribution in [-0.2, 0) is 14.1 Å². The van der Waals surface area contributed by atoms with Crippen LogP contribution in [0, 0.1) is 0 Å². The van der Waals surface area contributed by atoms with E-state index in [1.807, 2.05) is 0 Å². The summed E-state index contributed by atoms with van der Waals surface area (Å²) in [7, 11) is 6.87. The van der Waals surface area contributed by atoms with Gasteiger partial charge in [-0.05, 0) is 0 Å². The molecule has 1 aromatic rings. The van der Waals surface area contributed by atoms with Crippen molar-refractivity contribution in [2.45, 2.75) is 0 Å². The molecular formula is C10H14N10. The highest BCUT2D eigenvalue weighted by Gasteiger charge is 2.23. The first kappa shape index (κ1) is 12.3. The van der Waals surface area contributed by atoms with Gasteiger partial charge < -0.3 is 5.43 Å². The Kier molecular flexibility index (Phi) is 2.70. The van der Waals surface area contributed by atoms with Crippen LogP contribution in [0.15, 0.2) is 15.3 Å². The van der Waals surface area contributed by atoms with E-state index in [1.54, 1.807) is 33.0 Å². The van der Waals surface area contributed by atoms with E-state index < -0.39 is 0 Å². The molecule has 2 aliphatic rings. The molecule has 0 saturated carbocycles. The van der Waals surface area contributed by atoms with E-state index in [0.717, 1.165) is 5.69 Å². The standard InChI is InChI=1S/C10H14N10/c1-11-13-5-7-9(17-19(3)15-7)6(14-12-2)10-8(5)16-20(4)18-10/h11,17H,1-4H3.